The summed E-state index contributed by atoms with van der Waals surface area (Å²) < 4.78 is 1.66. The van der Waals surface area contributed by atoms with Crippen LogP contribution in [0.25, 0.3) is 5.82 Å². The van der Waals surface area contributed by atoms with E-state index in [0.29, 0.717) is 31.1 Å². The molecular formula is C19H19N7O2. The smallest absolute Gasteiger partial charge is 0.321 e. The van der Waals surface area contributed by atoms with E-state index >= 15 is 0 Å². The van der Waals surface area contributed by atoms with Gasteiger partial charge in [0, 0.05) is 49.6 Å². The van der Waals surface area contributed by atoms with E-state index < -0.39 is 0 Å². The molecule has 0 atom stereocenters. The lowest BCUT2D eigenvalue weighted by atomic mass is 10.2. The normalized spacial score (nSPS) is 13.3. The van der Waals surface area contributed by atoms with Gasteiger partial charge in [-0.1, -0.05) is 6.07 Å². The van der Waals surface area contributed by atoms with Crippen LogP contribution in [0, 0.1) is 0 Å². The fourth-order valence-electron chi connectivity index (χ4n) is 2.93. The van der Waals surface area contributed by atoms with Crippen molar-refractivity contribution in [3.8, 4) is 5.82 Å². The molecule has 1 saturated heterocycles. The molecule has 0 radical (unpaired) electrons. The van der Waals surface area contributed by atoms with Gasteiger partial charge in [0.05, 0.1) is 0 Å². The van der Waals surface area contributed by atoms with Gasteiger partial charge >= 0.3 is 12.1 Å². The maximum Gasteiger partial charge on any atom is 0.321 e. The van der Waals surface area contributed by atoms with Crippen molar-refractivity contribution in [3.05, 3.63) is 66.6 Å². The minimum atomic E-state index is -0.333. The van der Waals surface area contributed by atoms with Crippen LogP contribution in [0.3, 0.4) is 0 Å². The molecule has 1 aliphatic heterocycles. The number of carbonyl (C=O) groups is 2. The number of benzene rings is 1. The highest BCUT2D eigenvalue weighted by atomic mass is 16.2. The molecule has 3 N–H and O–H groups in total. The Morgan fingerprint density at radius 1 is 1.18 bits per heavy atom. The number of hydrogen-bond acceptors (Lipinski definition) is 4. The van der Waals surface area contributed by atoms with Gasteiger partial charge in [-0.3, -0.25) is 4.90 Å². The summed E-state index contributed by atoms with van der Waals surface area (Å²) in [5.41, 5.74) is 2.26. The Morgan fingerprint density at radius 2 is 2.11 bits per heavy atom. The minimum Gasteiger partial charge on any atom is -0.336 e. The Bertz CT molecular complexity index is 987. The van der Waals surface area contributed by atoms with Crippen molar-refractivity contribution in [1.82, 2.24) is 25.4 Å². The zero-order valence-corrected chi connectivity index (χ0v) is 15.0. The molecule has 0 spiro atoms. The molecule has 1 aromatic carbocycles. The number of hydrogen-bond donors (Lipinski definition) is 3. The zero-order chi connectivity index (χ0) is 19.3. The van der Waals surface area contributed by atoms with Crippen molar-refractivity contribution in [2.75, 3.05) is 23.3 Å². The van der Waals surface area contributed by atoms with E-state index in [1.165, 1.54) is 0 Å². The van der Waals surface area contributed by atoms with Crippen molar-refractivity contribution >= 4 is 23.4 Å². The van der Waals surface area contributed by atoms with Crippen molar-refractivity contribution in [2.45, 2.75) is 6.54 Å². The third-order valence-corrected chi connectivity index (χ3v) is 4.27. The molecule has 1 fully saturated rings. The third kappa shape index (κ3) is 3.93. The fourth-order valence-corrected chi connectivity index (χ4v) is 2.93. The Balaban J connectivity index is 1.36. The van der Waals surface area contributed by atoms with Crippen LogP contribution in [0.1, 0.15) is 5.56 Å². The topological polar surface area (TPSA) is 104 Å². The third-order valence-electron chi connectivity index (χ3n) is 4.27. The van der Waals surface area contributed by atoms with Gasteiger partial charge in [-0.2, -0.15) is 5.10 Å². The average molecular weight is 377 g/mol. The van der Waals surface area contributed by atoms with Crippen molar-refractivity contribution in [3.63, 3.8) is 0 Å². The molecule has 9 heteroatoms. The second kappa shape index (κ2) is 7.78. The quantitative estimate of drug-likeness (QED) is 0.633. The van der Waals surface area contributed by atoms with Crippen molar-refractivity contribution in [2.24, 2.45) is 0 Å². The lowest BCUT2D eigenvalue weighted by Gasteiger charge is -2.15. The van der Waals surface area contributed by atoms with Crippen molar-refractivity contribution < 1.29 is 9.59 Å². The summed E-state index contributed by atoms with van der Waals surface area (Å²) in [6.07, 6.45) is 5.16. The first-order chi connectivity index (χ1) is 13.7. The molecule has 142 valence electrons. The maximum atomic E-state index is 12.2. The number of nitrogens with one attached hydrogen (secondary N) is 3. The number of anilines is 2. The number of nitrogens with zero attached hydrogens (tertiary/aromatic N) is 4. The molecule has 0 aliphatic carbocycles. The van der Waals surface area contributed by atoms with Gasteiger partial charge < -0.3 is 16.0 Å². The Morgan fingerprint density at radius 3 is 2.89 bits per heavy atom. The van der Waals surface area contributed by atoms with E-state index in [1.54, 1.807) is 46.4 Å². The standard InChI is InChI=1S/C19H19N7O2/c27-18(22-13-14-5-7-20-17(11-14)26-9-2-6-23-26)24-15-3-1-4-16(12-15)25-10-8-21-19(25)28/h1-7,9,11-12H,8,10,13H2,(H,21,28)(H2,22,24,27). The van der Waals surface area contributed by atoms with Gasteiger partial charge in [0.25, 0.3) is 0 Å². The van der Waals surface area contributed by atoms with E-state index in [2.05, 4.69) is 26.0 Å². The van der Waals surface area contributed by atoms with Crippen LogP contribution in [0.5, 0.6) is 0 Å². The summed E-state index contributed by atoms with van der Waals surface area (Å²) in [7, 11) is 0. The molecular weight excluding hydrogens is 358 g/mol. The molecule has 0 unspecified atom stereocenters. The first kappa shape index (κ1) is 17.5. The summed E-state index contributed by atoms with van der Waals surface area (Å²) in [5.74, 6) is 0.682. The maximum absolute atomic E-state index is 12.2. The van der Waals surface area contributed by atoms with E-state index in [1.807, 2.05) is 24.3 Å². The lowest BCUT2D eigenvalue weighted by Crippen LogP contribution is -2.29. The summed E-state index contributed by atoms with van der Waals surface area (Å²) in [4.78, 5) is 29.9. The molecule has 4 rings (SSSR count). The largest absolute Gasteiger partial charge is 0.336 e. The minimum absolute atomic E-state index is 0.132. The Hall–Kier alpha value is -3.88. The fraction of sp³-hybridized carbons (Fsp3) is 0.158. The van der Waals surface area contributed by atoms with Crippen molar-refractivity contribution in [1.29, 1.82) is 0 Å². The van der Waals surface area contributed by atoms with E-state index in [0.717, 1.165) is 11.3 Å². The molecule has 4 amide bonds. The first-order valence-electron chi connectivity index (χ1n) is 8.84. The monoisotopic (exact) mass is 377 g/mol. The number of rotatable bonds is 5. The van der Waals surface area contributed by atoms with E-state index in [9.17, 15) is 9.59 Å². The molecule has 0 bridgehead atoms. The van der Waals surface area contributed by atoms with Gasteiger partial charge in [0.2, 0.25) is 0 Å². The molecule has 3 aromatic rings. The SMILES string of the molecule is O=C(NCc1ccnc(-n2cccn2)c1)Nc1cccc(N2CCNC2=O)c1. The van der Waals surface area contributed by atoms with Crippen LogP contribution >= 0.6 is 0 Å². The predicted molar refractivity (Wildman–Crippen MR) is 104 cm³/mol. The molecule has 1 aliphatic rings. The average Bonchev–Trinajstić information content (AvgIpc) is 3.39. The highest BCUT2D eigenvalue weighted by Gasteiger charge is 2.21. The van der Waals surface area contributed by atoms with Gasteiger partial charge in [0.1, 0.15) is 0 Å². The van der Waals surface area contributed by atoms with E-state index in [4.69, 9.17) is 0 Å². The van der Waals surface area contributed by atoms with Gasteiger partial charge in [-0.05, 0) is 42.0 Å². The van der Waals surface area contributed by atoms with Crippen LogP contribution in [0.4, 0.5) is 21.0 Å². The van der Waals surface area contributed by atoms with Gasteiger partial charge in [0.15, 0.2) is 5.82 Å². The molecule has 0 saturated carbocycles. The number of carbonyl (C=O) groups excluding carboxylic acids is 2. The van der Waals surface area contributed by atoms with E-state index in [-0.39, 0.29) is 12.1 Å². The van der Waals surface area contributed by atoms with Crippen LogP contribution < -0.4 is 20.9 Å². The predicted octanol–water partition coefficient (Wildman–Crippen LogP) is 2.12. The van der Waals surface area contributed by atoms with Gasteiger partial charge in [-0.15, -0.1) is 0 Å². The number of urea groups is 2. The second-order valence-corrected chi connectivity index (χ2v) is 6.21. The zero-order valence-electron chi connectivity index (χ0n) is 15.0. The summed E-state index contributed by atoms with van der Waals surface area (Å²) in [6.45, 7) is 1.56. The Kier molecular flexibility index (Phi) is 4.87. The highest BCUT2D eigenvalue weighted by Crippen LogP contribution is 2.21. The highest BCUT2D eigenvalue weighted by molar-refractivity contribution is 5.95. The lowest BCUT2D eigenvalue weighted by molar-refractivity contribution is 0.251. The number of aromatic nitrogens is 3. The summed E-state index contributed by atoms with van der Waals surface area (Å²) in [5, 5.41) is 12.5. The first-order valence-corrected chi connectivity index (χ1v) is 8.84. The van der Waals surface area contributed by atoms with Crippen LogP contribution in [-0.2, 0) is 6.54 Å². The van der Waals surface area contributed by atoms with Crippen LogP contribution in [0.2, 0.25) is 0 Å². The summed E-state index contributed by atoms with van der Waals surface area (Å²) in [6, 6.07) is 12.2. The molecule has 3 heterocycles. The number of pyridine rings is 1. The molecule has 28 heavy (non-hydrogen) atoms. The van der Waals surface area contributed by atoms with Crippen LogP contribution in [-0.4, -0.2) is 39.9 Å². The van der Waals surface area contributed by atoms with Crippen LogP contribution in [0.15, 0.2) is 61.1 Å². The molecule has 9 nitrogen and oxygen atoms in total. The second-order valence-electron chi connectivity index (χ2n) is 6.21. The Labute approximate surface area is 161 Å². The van der Waals surface area contributed by atoms with Gasteiger partial charge in [-0.25, -0.2) is 19.3 Å². The number of amides is 4. The summed E-state index contributed by atoms with van der Waals surface area (Å²) >= 11 is 0. The molecule has 2 aromatic heterocycles.